The zero-order valence-corrected chi connectivity index (χ0v) is 11.1. The highest BCUT2D eigenvalue weighted by molar-refractivity contribution is 9.10. The fourth-order valence-electron chi connectivity index (χ4n) is 2.18. The van der Waals surface area contributed by atoms with Crippen LogP contribution in [0.5, 0.6) is 5.75 Å². The van der Waals surface area contributed by atoms with Gasteiger partial charge in [0.1, 0.15) is 5.75 Å². The molecule has 0 saturated carbocycles. The fourth-order valence-corrected chi connectivity index (χ4v) is 2.75. The molecule has 1 aliphatic rings. The molecule has 84 valence electrons. The average molecular weight is 280 g/mol. The number of benzene rings is 1. The van der Waals surface area contributed by atoms with E-state index in [0.29, 0.717) is 6.61 Å². The largest absolute Gasteiger partial charge is 0.493 e. The Morgan fingerprint density at radius 2 is 2.25 bits per heavy atom. The molecule has 0 radical (unpaired) electrons. The third-order valence-electron chi connectivity index (χ3n) is 3.15. The topological polar surface area (TPSA) is 33.0 Å². The molecule has 1 aliphatic heterocycles. The van der Waals surface area contributed by atoms with Crippen molar-refractivity contribution in [3.05, 3.63) is 27.7 Å². The lowest BCUT2D eigenvalue weighted by Gasteiger charge is -2.22. The number of aryl methyl sites for hydroxylation is 1. The second-order valence-electron chi connectivity index (χ2n) is 4.50. The van der Waals surface area contributed by atoms with Gasteiger partial charge < -0.3 is 4.74 Å². The van der Waals surface area contributed by atoms with E-state index in [2.05, 4.69) is 22.0 Å². The zero-order valence-electron chi connectivity index (χ0n) is 9.51. The summed E-state index contributed by atoms with van der Waals surface area (Å²) in [6.45, 7) is 4.71. The van der Waals surface area contributed by atoms with E-state index in [1.807, 2.05) is 26.0 Å². The second kappa shape index (κ2) is 4.10. The molecule has 0 spiro atoms. The number of nitriles is 1. The van der Waals surface area contributed by atoms with Crippen LogP contribution in [0, 0.1) is 18.3 Å². The molecule has 0 saturated heterocycles. The Morgan fingerprint density at radius 3 is 2.94 bits per heavy atom. The highest BCUT2D eigenvalue weighted by atomic mass is 79.9. The van der Waals surface area contributed by atoms with E-state index in [9.17, 15) is 5.26 Å². The Kier molecular flexibility index (Phi) is 2.94. The zero-order chi connectivity index (χ0) is 11.8. The summed E-state index contributed by atoms with van der Waals surface area (Å²) in [5.74, 6) is 0.893. The Bertz CT molecular complexity index is 464. The predicted octanol–water partition coefficient (Wildman–Crippen LogP) is 3.71. The van der Waals surface area contributed by atoms with Crippen molar-refractivity contribution in [1.82, 2.24) is 0 Å². The van der Waals surface area contributed by atoms with Gasteiger partial charge in [0.05, 0.1) is 18.1 Å². The van der Waals surface area contributed by atoms with Crippen LogP contribution in [0.2, 0.25) is 0 Å². The summed E-state index contributed by atoms with van der Waals surface area (Å²) in [5, 5.41) is 9.38. The Labute approximate surface area is 104 Å². The molecule has 1 aromatic carbocycles. The number of fused-ring (bicyclic) bond motifs is 1. The highest BCUT2D eigenvalue weighted by Crippen LogP contribution is 2.41. The van der Waals surface area contributed by atoms with Crippen molar-refractivity contribution in [2.75, 3.05) is 6.61 Å². The summed E-state index contributed by atoms with van der Waals surface area (Å²) < 4.78 is 6.77. The standard InChI is InChI=1S/C13H14BrNO/c1-9-6-10(14)7-11-12(9)16-5-3-4-13(11,2)8-15/h6-7H,3-5H2,1-2H3. The number of halogens is 1. The van der Waals surface area contributed by atoms with E-state index in [-0.39, 0.29) is 0 Å². The Morgan fingerprint density at radius 1 is 1.50 bits per heavy atom. The molecule has 1 heterocycles. The van der Waals surface area contributed by atoms with E-state index < -0.39 is 5.41 Å². The van der Waals surface area contributed by atoms with Crippen LogP contribution < -0.4 is 4.74 Å². The molecule has 16 heavy (non-hydrogen) atoms. The van der Waals surface area contributed by atoms with Gasteiger partial charge in [-0.25, -0.2) is 0 Å². The van der Waals surface area contributed by atoms with Crippen LogP contribution in [-0.4, -0.2) is 6.61 Å². The van der Waals surface area contributed by atoms with Crippen molar-refractivity contribution in [1.29, 1.82) is 5.26 Å². The lowest BCUT2D eigenvalue weighted by molar-refractivity contribution is 0.313. The summed E-state index contributed by atoms with van der Waals surface area (Å²) in [6.07, 6.45) is 1.78. The number of rotatable bonds is 0. The van der Waals surface area contributed by atoms with Gasteiger partial charge in [0, 0.05) is 10.0 Å². The van der Waals surface area contributed by atoms with E-state index in [4.69, 9.17) is 4.74 Å². The van der Waals surface area contributed by atoms with E-state index in [1.165, 1.54) is 0 Å². The van der Waals surface area contributed by atoms with Gasteiger partial charge in [0.25, 0.3) is 0 Å². The number of hydrogen-bond donors (Lipinski definition) is 0. The molecule has 0 bridgehead atoms. The average Bonchev–Trinajstić information content (AvgIpc) is 2.40. The first-order chi connectivity index (χ1) is 7.57. The molecular weight excluding hydrogens is 266 g/mol. The highest BCUT2D eigenvalue weighted by Gasteiger charge is 2.32. The third-order valence-corrected chi connectivity index (χ3v) is 3.61. The Hall–Kier alpha value is -1.01. The number of ether oxygens (including phenoxy) is 1. The van der Waals surface area contributed by atoms with Crippen LogP contribution >= 0.6 is 15.9 Å². The molecule has 1 aromatic rings. The molecule has 3 heteroatoms. The Balaban J connectivity index is 2.66. The molecule has 0 aromatic heterocycles. The molecular formula is C13H14BrNO. The first-order valence-corrected chi connectivity index (χ1v) is 6.21. The van der Waals surface area contributed by atoms with Crippen LogP contribution in [-0.2, 0) is 5.41 Å². The quantitative estimate of drug-likeness (QED) is 0.725. The molecule has 0 aliphatic carbocycles. The normalized spacial score (nSPS) is 23.9. The number of hydrogen-bond acceptors (Lipinski definition) is 2. The maximum atomic E-state index is 9.38. The molecule has 0 fully saturated rings. The molecule has 0 amide bonds. The molecule has 2 rings (SSSR count). The second-order valence-corrected chi connectivity index (χ2v) is 5.41. The minimum Gasteiger partial charge on any atom is -0.493 e. The monoisotopic (exact) mass is 279 g/mol. The van der Waals surface area contributed by atoms with Gasteiger partial charge >= 0.3 is 0 Å². The van der Waals surface area contributed by atoms with Crippen molar-refractivity contribution in [2.24, 2.45) is 0 Å². The van der Waals surface area contributed by atoms with Gasteiger partial charge in [-0.1, -0.05) is 15.9 Å². The molecule has 0 N–H and O–H groups in total. The summed E-state index contributed by atoms with van der Waals surface area (Å²) in [6, 6.07) is 6.47. The van der Waals surface area contributed by atoms with Crippen LogP contribution in [0.1, 0.15) is 30.9 Å². The molecule has 1 unspecified atom stereocenters. The fraction of sp³-hybridized carbons (Fsp3) is 0.462. The van der Waals surface area contributed by atoms with Crippen LogP contribution in [0.25, 0.3) is 0 Å². The van der Waals surface area contributed by atoms with Crippen LogP contribution in [0.3, 0.4) is 0 Å². The summed E-state index contributed by atoms with van der Waals surface area (Å²) >= 11 is 3.48. The third kappa shape index (κ3) is 1.82. The minimum absolute atomic E-state index is 0.430. The van der Waals surface area contributed by atoms with Crippen LogP contribution in [0.4, 0.5) is 0 Å². The first-order valence-electron chi connectivity index (χ1n) is 5.41. The van der Waals surface area contributed by atoms with Gasteiger partial charge in [-0.05, 0) is 44.4 Å². The minimum atomic E-state index is -0.430. The van der Waals surface area contributed by atoms with Gasteiger partial charge in [-0.15, -0.1) is 0 Å². The lowest BCUT2D eigenvalue weighted by atomic mass is 9.79. The molecule has 2 nitrogen and oxygen atoms in total. The maximum Gasteiger partial charge on any atom is 0.127 e. The first kappa shape index (κ1) is 11.5. The van der Waals surface area contributed by atoms with Crippen molar-refractivity contribution < 1.29 is 4.74 Å². The molecule has 1 atom stereocenters. The maximum absolute atomic E-state index is 9.38. The lowest BCUT2D eigenvalue weighted by Crippen LogP contribution is -2.18. The van der Waals surface area contributed by atoms with E-state index in [0.717, 1.165) is 34.2 Å². The summed E-state index contributed by atoms with van der Waals surface area (Å²) in [7, 11) is 0. The van der Waals surface area contributed by atoms with Gasteiger partial charge in [0.15, 0.2) is 0 Å². The smallest absolute Gasteiger partial charge is 0.127 e. The summed E-state index contributed by atoms with van der Waals surface area (Å²) in [4.78, 5) is 0. The SMILES string of the molecule is Cc1cc(Br)cc2c1OCCCC2(C)C#N. The van der Waals surface area contributed by atoms with Gasteiger partial charge in [-0.2, -0.15) is 5.26 Å². The van der Waals surface area contributed by atoms with E-state index in [1.54, 1.807) is 0 Å². The van der Waals surface area contributed by atoms with Gasteiger partial charge in [-0.3, -0.25) is 0 Å². The van der Waals surface area contributed by atoms with E-state index >= 15 is 0 Å². The summed E-state index contributed by atoms with van der Waals surface area (Å²) in [5.41, 5.74) is 1.67. The van der Waals surface area contributed by atoms with Crippen molar-refractivity contribution in [3.8, 4) is 11.8 Å². The van der Waals surface area contributed by atoms with Crippen molar-refractivity contribution in [3.63, 3.8) is 0 Å². The predicted molar refractivity (Wildman–Crippen MR) is 66.6 cm³/mol. The van der Waals surface area contributed by atoms with Gasteiger partial charge in [0.2, 0.25) is 0 Å². The van der Waals surface area contributed by atoms with Crippen molar-refractivity contribution >= 4 is 15.9 Å². The number of nitrogens with zero attached hydrogens (tertiary/aromatic N) is 1. The van der Waals surface area contributed by atoms with Crippen LogP contribution in [0.15, 0.2) is 16.6 Å². The van der Waals surface area contributed by atoms with Crippen molar-refractivity contribution in [2.45, 2.75) is 32.1 Å².